The van der Waals surface area contributed by atoms with E-state index in [1.165, 1.54) is 32.9 Å². The molecule has 0 atom stereocenters. The fraction of sp³-hybridized carbons (Fsp3) is 0.200. The van der Waals surface area contributed by atoms with Crippen LogP contribution in [-0.2, 0) is 12.2 Å². The van der Waals surface area contributed by atoms with Crippen molar-refractivity contribution in [1.82, 2.24) is 9.97 Å². The van der Waals surface area contributed by atoms with Crippen molar-refractivity contribution in [1.29, 1.82) is 0 Å². The molecule has 4 rings (SSSR count). The van der Waals surface area contributed by atoms with Gasteiger partial charge in [0.1, 0.15) is 6.33 Å². The highest BCUT2D eigenvalue weighted by Crippen LogP contribution is 2.47. The van der Waals surface area contributed by atoms with E-state index >= 15 is 0 Å². The molecule has 3 heteroatoms. The standard InChI is InChI=1S/C15H12N2S/c1-2-4-12-10(3-1)5-6-13-14-11(7-16-9-17-14)8-18-15(12)13/h1-4,7,9H,5-6,8H2. The van der Waals surface area contributed by atoms with E-state index in [4.69, 9.17) is 0 Å². The maximum absolute atomic E-state index is 4.49. The Morgan fingerprint density at radius 1 is 1.06 bits per heavy atom. The van der Waals surface area contributed by atoms with Crippen molar-refractivity contribution in [2.24, 2.45) is 0 Å². The van der Waals surface area contributed by atoms with E-state index in [0.717, 1.165) is 18.6 Å². The van der Waals surface area contributed by atoms with Gasteiger partial charge in [0.25, 0.3) is 0 Å². The van der Waals surface area contributed by atoms with Gasteiger partial charge in [0.05, 0.1) is 5.69 Å². The summed E-state index contributed by atoms with van der Waals surface area (Å²) in [6.07, 6.45) is 5.85. The van der Waals surface area contributed by atoms with Crippen molar-refractivity contribution < 1.29 is 0 Å². The Kier molecular flexibility index (Phi) is 2.27. The molecule has 0 saturated carbocycles. The first kappa shape index (κ1) is 10.3. The Balaban J connectivity index is 1.96. The summed E-state index contributed by atoms with van der Waals surface area (Å²) >= 11 is 1.93. The predicted octanol–water partition coefficient (Wildman–Crippen LogP) is 3.54. The van der Waals surface area contributed by atoms with Crippen LogP contribution in [0.15, 0.2) is 36.8 Å². The van der Waals surface area contributed by atoms with Gasteiger partial charge in [-0.25, -0.2) is 9.97 Å². The zero-order chi connectivity index (χ0) is 11.9. The molecule has 0 bridgehead atoms. The fourth-order valence-corrected chi connectivity index (χ4v) is 4.01. The minimum absolute atomic E-state index is 0.989. The largest absolute Gasteiger partial charge is 0.244 e. The maximum atomic E-state index is 4.49. The Bertz CT molecular complexity index is 604. The molecule has 1 aliphatic heterocycles. The predicted molar refractivity (Wildman–Crippen MR) is 74.9 cm³/mol. The summed E-state index contributed by atoms with van der Waals surface area (Å²) < 4.78 is 0. The SMILES string of the molecule is c1ccc2c(c1)CCC1=C2SCc2cncnc21. The summed E-state index contributed by atoms with van der Waals surface area (Å²) in [5.74, 6) is 0.989. The molecule has 0 amide bonds. The summed E-state index contributed by atoms with van der Waals surface area (Å²) in [6, 6.07) is 8.75. The van der Waals surface area contributed by atoms with Crippen LogP contribution in [0.2, 0.25) is 0 Å². The molecular weight excluding hydrogens is 240 g/mol. The molecule has 1 aliphatic carbocycles. The van der Waals surface area contributed by atoms with E-state index in [2.05, 4.69) is 34.2 Å². The molecule has 2 aromatic rings. The molecule has 18 heavy (non-hydrogen) atoms. The fourth-order valence-electron chi connectivity index (χ4n) is 2.77. The number of allylic oxidation sites excluding steroid dienone is 1. The van der Waals surface area contributed by atoms with Crippen LogP contribution in [-0.4, -0.2) is 9.97 Å². The van der Waals surface area contributed by atoms with Crippen LogP contribution in [0.4, 0.5) is 0 Å². The molecule has 2 aliphatic rings. The summed E-state index contributed by atoms with van der Waals surface area (Å²) in [5, 5.41) is 0. The number of fused-ring (bicyclic) bond motifs is 4. The number of hydrogen-bond acceptors (Lipinski definition) is 3. The van der Waals surface area contributed by atoms with Crippen LogP contribution >= 0.6 is 11.8 Å². The quantitative estimate of drug-likeness (QED) is 0.717. The molecular formula is C15H12N2S. The lowest BCUT2D eigenvalue weighted by Gasteiger charge is -2.27. The van der Waals surface area contributed by atoms with Gasteiger partial charge in [0, 0.05) is 22.4 Å². The second-order valence-electron chi connectivity index (χ2n) is 4.65. The van der Waals surface area contributed by atoms with Crippen LogP contribution in [0.5, 0.6) is 0 Å². The second kappa shape index (κ2) is 3.95. The Morgan fingerprint density at radius 2 is 2.00 bits per heavy atom. The zero-order valence-electron chi connectivity index (χ0n) is 9.89. The molecule has 0 fully saturated rings. The van der Waals surface area contributed by atoms with E-state index in [1.54, 1.807) is 6.33 Å². The lowest BCUT2D eigenvalue weighted by atomic mass is 9.89. The molecule has 0 saturated heterocycles. The van der Waals surface area contributed by atoms with E-state index in [1.807, 2.05) is 18.0 Å². The number of rotatable bonds is 0. The highest BCUT2D eigenvalue weighted by Gasteiger charge is 2.26. The average Bonchev–Trinajstić information content (AvgIpc) is 2.46. The average molecular weight is 252 g/mol. The Hall–Kier alpha value is -1.61. The second-order valence-corrected chi connectivity index (χ2v) is 5.64. The molecule has 2 nitrogen and oxygen atoms in total. The van der Waals surface area contributed by atoms with Gasteiger partial charge in [-0.1, -0.05) is 24.3 Å². The minimum Gasteiger partial charge on any atom is -0.244 e. The maximum Gasteiger partial charge on any atom is 0.116 e. The number of aromatic nitrogens is 2. The van der Waals surface area contributed by atoms with Crippen molar-refractivity contribution in [3.8, 4) is 0 Å². The summed E-state index contributed by atoms with van der Waals surface area (Å²) in [7, 11) is 0. The van der Waals surface area contributed by atoms with Gasteiger partial charge >= 0.3 is 0 Å². The minimum atomic E-state index is 0.989. The molecule has 0 unspecified atom stereocenters. The molecule has 0 spiro atoms. The molecule has 0 radical (unpaired) electrons. The van der Waals surface area contributed by atoms with E-state index in [-0.39, 0.29) is 0 Å². The van der Waals surface area contributed by atoms with Crippen molar-refractivity contribution in [3.05, 3.63) is 59.2 Å². The number of hydrogen-bond donors (Lipinski definition) is 0. The van der Waals surface area contributed by atoms with E-state index in [0.29, 0.717) is 0 Å². The van der Waals surface area contributed by atoms with Crippen molar-refractivity contribution in [3.63, 3.8) is 0 Å². The van der Waals surface area contributed by atoms with Gasteiger partial charge in [-0.3, -0.25) is 0 Å². The summed E-state index contributed by atoms with van der Waals surface area (Å²) in [6.45, 7) is 0. The normalized spacial score (nSPS) is 16.9. The first-order chi connectivity index (χ1) is 8.93. The first-order valence-corrected chi connectivity index (χ1v) is 7.15. The Labute approximate surface area is 110 Å². The van der Waals surface area contributed by atoms with Gasteiger partial charge in [-0.15, -0.1) is 11.8 Å². The summed E-state index contributed by atoms with van der Waals surface area (Å²) in [4.78, 5) is 10.1. The third-order valence-electron chi connectivity index (χ3n) is 3.63. The van der Waals surface area contributed by atoms with Crippen LogP contribution in [0.25, 0.3) is 10.5 Å². The van der Waals surface area contributed by atoms with Crippen LogP contribution in [0, 0.1) is 0 Å². The lowest BCUT2D eigenvalue weighted by molar-refractivity contribution is 0.971. The van der Waals surface area contributed by atoms with Gasteiger partial charge in [0.15, 0.2) is 0 Å². The van der Waals surface area contributed by atoms with Crippen molar-refractivity contribution in [2.75, 3.05) is 0 Å². The number of benzene rings is 1. The Morgan fingerprint density at radius 3 is 3.00 bits per heavy atom. The number of nitrogens with zero attached hydrogens (tertiary/aromatic N) is 2. The highest BCUT2D eigenvalue weighted by atomic mass is 32.2. The number of thioether (sulfide) groups is 1. The van der Waals surface area contributed by atoms with E-state index in [9.17, 15) is 0 Å². The monoisotopic (exact) mass is 252 g/mol. The third kappa shape index (κ3) is 1.44. The van der Waals surface area contributed by atoms with Crippen LogP contribution in [0.3, 0.4) is 0 Å². The molecule has 1 aromatic carbocycles. The number of aryl methyl sites for hydroxylation is 1. The summed E-state index contributed by atoms with van der Waals surface area (Å²) in [5.41, 5.74) is 6.76. The molecule has 0 N–H and O–H groups in total. The smallest absolute Gasteiger partial charge is 0.116 e. The first-order valence-electron chi connectivity index (χ1n) is 6.17. The van der Waals surface area contributed by atoms with Crippen molar-refractivity contribution in [2.45, 2.75) is 18.6 Å². The van der Waals surface area contributed by atoms with Gasteiger partial charge in [-0.2, -0.15) is 0 Å². The topological polar surface area (TPSA) is 25.8 Å². The van der Waals surface area contributed by atoms with Crippen LogP contribution < -0.4 is 0 Å². The van der Waals surface area contributed by atoms with Gasteiger partial charge in [0.2, 0.25) is 0 Å². The van der Waals surface area contributed by atoms with E-state index < -0.39 is 0 Å². The lowest BCUT2D eigenvalue weighted by Crippen LogP contribution is -2.10. The third-order valence-corrected chi connectivity index (χ3v) is 4.84. The molecule has 2 heterocycles. The van der Waals surface area contributed by atoms with Gasteiger partial charge < -0.3 is 0 Å². The van der Waals surface area contributed by atoms with Crippen molar-refractivity contribution >= 4 is 22.2 Å². The molecule has 1 aromatic heterocycles. The molecule has 88 valence electrons. The van der Waals surface area contributed by atoms with Gasteiger partial charge in [-0.05, 0) is 29.5 Å². The van der Waals surface area contributed by atoms with Crippen LogP contribution in [0.1, 0.15) is 28.8 Å². The zero-order valence-corrected chi connectivity index (χ0v) is 10.7. The highest BCUT2D eigenvalue weighted by molar-refractivity contribution is 8.08.